The molecule has 2 heterocycles. The van der Waals surface area contributed by atoms with E-state index in [1.54, 1.807) is 66.6 Å². The average Bonchev–Trinajstić information content (AvgIpc) is 3.52. The summed E-state index contributed by atoms with van der Waals surface area (Å²) in [4.78, 5) is 17.1. The second-order valence-electron chi connectivity index (χ2n) is 6.89. The molecule has 0 aliphatic rings. The van der Waals surface area contributed by atoms with Gasteiger partial charge in [-0.25, -0.2) is 4.68 Å². The normalized spacial score (nSPS) is 10.7. The molecule has 0 bridgehead atoms. The highest BCUT2D eigenvalue weighted by Crippen LogP contribution is 2.25. The summed E-state index contributed by atoms with van der Waals surface area (Å²) in [5, 5.41) is 7.38. The first-order chi connectivity index (χ1) is 16.2. The van der Waals surface area contributed by atoms with E-state index >= 15 is 0 Å². The number of anilines is 1. The number of methoxy groups -OCH3 is 1. The molecule has 0 radical (unpaired) electrons. The number of carbonyl (C=O) groups excluding carboxylic acids is 1. The number of hydrogen-bond acceptors (Lipinski definition) is 7. The predicted molar refractivity (Wildman–Crippen MR) is 122 cm³/mol. The number of hydrogen-bond donors (Lipinski definition) is 1. The van der Waals surface area contributed by atoms with Crippen molar-refractivity contribution in [3.63, 3.8) is 0 Å². The maximum absolute atomic E-state index is 12.7. The molecule has 9 nitrogen and oxygen atoms in total. The van der Waals surface area contributed by atoms with Crippen molar-refractivity contribution in [2.24, 2.45) is 0 Å². The van der Waals surface area contributed by atoms with Crippen LogP contribution in [0.4, 0.5) is 5.69 Å². The highest BCUT2D eigenvalue weighted by Gasteiger charge is 2.17. The van der Waals surface area contributed by atoms with E-state index < -0.39 is 0 Å². The van der Waals surface area contributed by atoms with Gasteiger partial charge in [-0.3, -0.25) is 4.79 Å². The lowest BCUT2D eigenvalue weighted by Crippen LogP contribution is -2.12. The van der Waals surface area contributed by atoms with Gasteiger partial charge in [0.2, 0.25) is 5.82 Å². The fraction of sp³-hybridized carbons (Fsp3) is 0.208. The van der Waals surface area contributed by atoms with E-state index in [0.717, 1.165) is 0 Å². The van der Waals surface area contributed by atoms with Crippen LogP contribution < -0.4 is 14.8 Å². The van der Waals surface area contributed by atoms with Crippen LogP contribution in [0.1, 0.15) is 17.3 Å². The van der Waals surface area contributed by atoms with Crippen LogP contribution in [0, 0.1) is 0 Å². The first kappa shape index (κ1) is 22.1. The Balaban J connectivity index is 1.57. The van der Waals surface area contributed by atoms with Gasteiger partial charge in [0.25, 0.3) is 5.91 Å². The van der Waals surface area contributed by atoms with Crippen molar-refractivity contribution in [3.05, 3.63) is 72.5 Å². The lowest BCUT2D eigenvalue weighted by molar-refractivity contribution is 0.102. The third kappa shape index (κ3) is 5.39. The molecule has 4 aromatic rings. The summed E-state index contributed by atoms with van der Waals surface area (Å²) in [5.41, 5.74) is 1.80. The van der Waals surface area contributed by atoms with Crippen LogP contribution in [-0.4, -0.2) is 47.6 Å². The minimum atomic E-state index is -0.236. The van der Waals surface area contributed by atoms with E-state index in [2.05, 4.69) is 15.4 Å². The Hall–Kier alpha value is -4.11. The minimum Gasteiger partial charge on any atom is -0.497 e. The summed E-state index contributed by atoms with van der Waals surface area (Å²) in [6.07, 6.45) is 1.56. The molecule has 2 aromatic carbocycles. The fourth-order valence-electron chi connectivity index (χ4n) is 3.10. The highest BCUT2D eigenvalue weighted by molar-refractivity contribution is 6.04. The molecule has 0 saturated carbocycles. The van der Waals surface area contributed by atoms with Crippen LogP contribution in [0.3, 0.4) is 0 Å². The molecule has 2 aromatic heterocycles. The zero-order valence-corrected chi connectivity index (χ0v) is 18.4. The number of carbonyl (C=O) groups is 1. The molecule has 4 rings (SSSR count). The Morgan fingerprint density at radius 2 is 1.94 bits per heavy atom. The maximum atomic E-state index is 12.7. The Morgan fingerprint density at radius 3 is 2.67 bits per heavy atom. The minimum absolute atomic E-state index is 0.203. The van der Waals surface area contributed by atoms with Crippen molar-refractivity contribution < 1.29 is 23.4 Å². The van der Waals surface area contributed by atoms with Crippen LogP contribution in [0.25, 0.3) is 17.3 Å². The fourth-order valence-corrected chi connectivity index (χ4v) is 3.10. The van der Waals surface area contributed by atoms with Gasteiger partial charge in [0.1, 0.15) is 12.4 Å². The van der Waals surface area contributed by atoms with Gasteiger partial charge in [0.05, 0.1) is 25.7 Å². The second kappa shape index (κ2) is 10.5. The van der Waals surface area contributed by atoms with Crippen LogP contribution in [-0.2, 0) is 4.74 Å². The van der Waals surface area contributed by atoms with Gasteiger partial charge in [0, 0.05) is 17.9 Å². The second-order valence-corrected chi connectivity index (χ2v) is 6.89. The Morgan fingerprint density at radius 1 is 1.09 bits per heavy atom. The van der Waals surface area contributed by atoms with Crippen LogP contribution in [0.15, 0.2) is 71.3 Å². The number of aromatic nitrogens is 3. The van der Waals surface area contributed by atoms with E-state index in [4.69, 9.17) is 18.6 Å². The number of amides is 1. The molecule has 0 saturated heterocycles. The number of nitrogens with zero attached hydrogens (tertiary/aromatic N) is 3. The van der Waals surface area contributed by atoms with Crippen molar-refractivity contribution in [1.29, 1.82) is 0 Å². The van der Waals surface area contributed by atoms with Crippen molar-refractivity contribution in [1.82, 2.24) is 14.8 Å². The Bertz CT molecular complexity index is 1190. The van der Waals surface area contributed by atoms with Gasteiger partial charge in [-0.15, -0.1) is 5.10 Å². The molecule has 1 N–H and O–H groups in total. The molecular formula is C24H24N4O5. The molecule has 0 atom stereocenters. The highest BCUT2D eigenvalue weighted by atomic mass is 16.5. The first-order valence-corrected chi connectivity index (χ1v) is 10.4. The summed E-state index contributed by atoms with van der Waals surface area (Å²) in [7, 11) is 1.58. The van der Waals surface area contributed by atoms with E-state index in [1.165, 1.54) is 0 Å². The summed E-state index contributed by atoms with van der Waals surface area (Å²) in [6, 6.07) is 17.9. The van der Waals surface area contributed by atoms with Crippen molar-refractivity contribution in [2.45, 2.75) is 6.92 Å². The lowest BCUT2D eigenvalue weighted by Gasteiger charge is -2.09. The summed E-state index contributed by atoms with van der Waals surface area (Å²) in [5.74, 6) is 1.46. The van der Waals surface area contributed by atoms with Crippen LogP contribution in [0.5, 0.6) is 11.8 Å². The number of nitrogens with one attached hydrogen (secondary N) is 1. The topological polar surface area (TPSA) is 101 Å². The van der Waals surface area contributed by atoms with E-state index in [0.29, 0.717) is 54.1 Å². The summed E-state index contributed by atoms with van der Waals surface area (Å²) in [6.45, 7) is 3.29. The summed E-state index contributed by atoms with van der Waals surface area (Å²) < 4.78 is 23.2. The third-order valence-corrected chi connectivity index (χ3v) is 4.69. The van der Waals surface area contributed by atoms with E-state index in [-0.39, 0.29) is 11.9 Å². The zero-order chi connectivity index (χ0) is 23.0. The molecule has 0 aliphatic heterocycles. The number of ether oxygens (including phenoxy) is 3. The first-order valence-electron chi connectivity index (χ1n) is 10.4. The Labute approximate surface area is 190 Å². The Kier molecular flexibility index (Phi) is 7.01. The molecule has 1 amide bonds. The molecule has 170 valence electrons. The number of benzene rings is 2. The molecule has 9 heteroatoms. The SMILES string of the molecule is CCOCCOc1nc(-c2ccco2)n(-c2cccc(NC(=O)c3ccc(OC)cc3)c2)n1. The molecule has 0 aliphatic carbocycles. The lowest BCUT2D eigenvalue weighted by atomic mass is 10.2. The van der Waals surface area contributed by atoms with Gasteiger partial charge in [-0.1, -0.05) is 6.07 Å². The van der Waals surface area contributed by atoms with Crippen molar-refractivity contribution >= 4 is 11.6 Å². The van der Waals surface area contributed by atoms with Gasteiger partial charge in [-0.05, 0) is 61.5 Å². The predicted octanol–water partition coefficient (Wildman–Crippen LogP) is 4.20. The number of rotatable bonds is 10. The quantitative estimate of drug-likeness (QED) is 0.363. The molecule has 0 fully saturated rings. The third-order valence-electron chi connectivity index (χ3n) is 4.69. The molecular weight excluding hydrogens is 424 g/mol. The van der Waals surface area contributed by atoms with Crippen LogP contribution >= 0.6 is 0 Å². The molecule has 0 unspecified atom stereocenters. The maximum Gasteiger partial charge on any atom is 0.336 e. The molecule has 33 heavy (non-hydrogen) atoms. The van der Waals surface area contributed by atoms with Gasteiger partial charge in [-0.2, -0.15) is 4.98 Å². The largest absolute Gasteiger partial charge is 0.497 e. The smallest absolute Gasteiger partial charge is 0.336 e. The van der Waals surface area contributed by atoms with Crippen LogP contribution in [0.2, 0.25) is 0 Å². The summed E-state index contributed by atoms with van der Waals surface area (Å²) >= 11 is 0. The van der Waals surface area contributed by atoms with Gasteiger partial charge >= 0.3 is 6.01 Å². The van der Waals surface area contributed by atoms with Crippen molar-refractivity contribution in [2.75, 3.05) is 32.2 Å². The molecule has 0 spiro atoms. The zero-order valence-electron chi connectivity index (χ0n) is 18.4. The van der Waals surface area contributed by atoms with E-state index in [9.17, 15) is 4.79 Å². The monoisotopic (exact) mass is 448 g/mol. The average molecular weight is 448 g/mol. The van der Waals surface area contributed by atoms with Gasteiger partial charge < -0.3 is 23.9 Å². The van der Waals surface area contributed by atoms with Crippen molar-refractivity contribution in [3.8, 4) is 29.0 Å². The standard InChI is InChI=1S/C24H24N4O5/c1-3-31-14-15-33-24-26-22(21-8-5-13-32-21)28(27-24)19-7-4-6-18(16-19)25-23(29)17-9-11-20(30-2)12-10-17/h4-13,16H,3,14-15H2,1-2H3,(H,25,29). The van der Waals surface area contributed by atoms with E-state index in [1.807, 2.05) is 19.1 Å². The number of furan rings is 1. The van der Waals surface area contributed by atoms with Gasteiger partial charge in [0.15, 0.2) is 5.76 Å².